The van der Waals surface area contributed by atoms with Crippen LogP contribution in [0.1, 0.15) is 373 Å². The van der Waals surface area contributed by atoms with Crippen LogP contribution in [0.4, 0.5) is 0 Å². The van der Waals surface area contributed by atoms with Gasteiger partial charge in [0.05, 0.1) is 25.4 Å². The van der Waals surface area contributed by atoms with E-state index in [-0.39, 0.29) is 18.5 Å². The van der Waals surface area contributed by atoms with Crippen LogP contribution in [-0.2, 0) is 14.3 Å². The molecule has 0 aromatic heterocycles. The zero-order chi connectivity index (χ0) is 52.2. The van der Waals surface area contributed by atoms with Crippen molar-refractivity contribution in [2.75, 3.05) is 13.2 Å². The second-order valence-corrected chi connectivity index (χ2v) is 22.8. The summed E-state index contributed by atoms with van der Waals surface area (Å²) in [6.45, 7) is 4.94. The lowest BCUT2D eigenvalue weighted by Gasteiger charge is -2.20. The third-order valence-electron chi connectivity index (χ3n) is 15.6. The molecule has 0 aromatic carbocycles. The molecule has 2 atom stereocenters. The Kier molecular flexibility index (Phi) is 60.9. The van der Waals surface area contributed by atoms with Gasteiger partial charge in [-0.3, -0.25) is 9.59 Å². The number of ether oxygens (including phenoxy) is 1. The lowest BCUT2D eigenvalue weighted by molar-refractivity contribution is -0.143. The maximum absolute atomic E-state index is 12.5. The fraction of sp³-hybridized carbons (Fsp3) is 0.939. The van der Waals surface area contributed by atoms with E-state index < -0.39 is 12.1 Å². The molecule has 3 N–H and O–H groups in total. The van der Waals surface area contributed by atoms with Crippen LogP contribution in [0.25, 0.3) is 0 Å². The Labute approximate surface area is 450 Å². The number of esters is 1. The molecule has 0 spiro atoms. The van der Waals surface area contributed by atoms with Crippen molar-refractivity contribution < 1.29 is 24.5 Å². The second-order valence-electron chi connectivity index (χ2n) is 22.8. The van der Waals surface area contributed by atoms with E-state index in [0.29, 0.717) is 19.4 Å². The molecule has 428 valence electrons. The highest BCUT2D eigenvalue weighted by Crippen LogP contribution is 2.19. The van der Waals surface area contributed by atoms with Crippen molar-refractivity contribution >= 4 is 11.9 Å². The van der Waals surface area contributed by atoms with Crippen molar-refractivity contribution in [3.8, 4) is 0 Å². The molecule has 6 nitrogen and oxygen atoms in total. The van der Waals surface area contributed by atoms with Crippen LogP contribution in [0.15, 0.2) is 12.2 Å². The third-order valence-corrected chi connectivity index (χ3v) is 15.6. The van der Waals surface area contributed by atoms with Crippen molar-refractivity contribution in [1.82, 2.24) is 5.32 Å². The maximum atomic E-state index is 12.5. The first-order valence-corrected chi connectivity index (χ1v) is 33.0. The summed E-state index contributed by atoms with van der Waals surface area (Å²) in [5, 5.41) is 23.2. The quantitative estimate of drug-likeness (QED) is 0.0320. The van der Waals surface area contributed by atoms with E-state index in [1.165, 1.54) is 308 Å². The summed E-state index contributed by atoms with van der Waals surface area (Å²) in [5.74, 6) is -0.0485. The average Bonchev–Trinajstić information content (AvgIpc) is 3.38. The van der Waals surface area contributed by atoms with Gasteiger partial charge in [-0.05, 0) is 32.1 Å². The summed E-state index contributed by atoms with van der Waals surface area (Å²) in [4.78, 5) is 24.6. The van der Waals surface area contributed by atoms with Crippen molar-refractivity contribution in [3.05, 3.63) is 12.2 Å². The molecule has 0 saturated carbocycles. The van der Waals surface area contributed by atoms with Gasteiger partial charge in [0, 0.05) is 12.8 Å². The zero-order valence-corrected chi connectivity index (χ0v) is 48.9. The number of hydrogen-bond donors (Lipinski definition) is 3. The lowest BCUT2D eigenvalue weighted by Crippen LogP contribution is -2.45. The minimum absolute atomic E-state index is 0.0159. The van der Waals surface area contributed by atoms with Gasteiger partial charge in [-0.15, -0.1) is 0 Å². The number of rotatable bonds is 62. The van der Waals surface area contributed by atoms with E-state index in [1.807, 2.05) is 6.08 Å². The summed E-state index contributed by atoms with van der Waals surface area (Å²) < 4.78 is 5.49. The SMILES string of the molecule is CCCCCCCCCCCCCCCCCCC/C=C/C(O)C(CO)NC(=O)CCCCCCCCCCCCCCCCCCCCCCCCOC(=O)CCCCCCCCCCCCCCCC. The molecular weight excluding hydrogens is 887 g/mol. The summed E-state index contributed by atoms with van der Waals surface area (Å²) in [7, 11) is 0. The Bertz CT molecular complexity index is 1080. The zero-order valence-electron chi connectivity index (χ0n) is 48.9. The Balaban J connectivity index is 3.39. The molecule has 2 unspecified atom stereocenters. The predicted molar refractivity (Wildman–Crippen MR) is 315 cm³/mol. The number of carbonyl (C=O) groups is 2. The molecule has 0 aliphatic rings. The molecule has 72 heavy (non-hydrogen) atoms. The van der Waals surface area contributed by atoms with Crippen molar-refractivity contribution in [2.24, 2.45) is 0 Å². The number of carbonyl (C=O) groups excluding carboxylic acids is 2. The minimum atomic E-state index is -0.844. The number of aliphatic hydroxyl groups is 2. The van der Waals surface area contributed by atoms with Crippen molar-refractivity contribution in [1.29, 1.82) is 0 Å². The Morgan fingerprint density at radius 1 is 0.375 bits per heavy atom. The molecule has 0 aliphatic heterocycles. The van der Waals surface area contributed by atoms with Gasteiger partial charge in [-0.1, -0.05) is 341 Å². The monoisotopic (exact) mass is 1020 g/mol. The molecular formula is C66H129NO5. The third kappa shape index (κ3) is 57.9. The Morgan fingerprint density at radius 2 is 0.639 bits per heavy atom. The second kappa shape index (κ2) is 62.1. The van der Waals surface area contributed by atoms with Crippen molar-refractivity contribution in [2.45, 2.75) is 386 Å². The van der Waals surface area contributed by atoms with Crippen LogP contribution in [-0.4, -0.2) is 47.4 Å². The topological polar surface area (TPSA) is 95.9 Å². The Hall–Kier alpha value is -1.40. The predicted octanol–water partition coefficient (Wildman–Crippen LogP) is 20.8. The summed E-state index contributed by atoms with van der Waals surface area (Å²) in [6, 6.07) is -0.628. The molecule has 6 heteroatoms. The van der Waals surface area contributed by atoms with Crippen LogP contribution in [0.3, 0.4) is 0 Å². The maximum Gasteiger partial charge on any atom is 0.305 e. The van der Waals surface area contributed by atoms with Gasteiger partial charge in [0.1, 0.15) is 0 Å². The van der Waals surface area contributed by atoms with Gasteiger partial charge in [0.2, 0.25) is 5.91 Å². The molecule has 1 amide bonds. The summed E-state index contributed by atoms with van der Waals surface area (Å²) in [6.07, 6.45) is 75.5. The number of aliphatic hydroxyl groups excluding tert-OH is 2. The highest BCUT2D eigenvalue weighted by Gasteiger charge is 2.18. The largest absolute Gasteiger partial charge is 0.466 e. The van der Waals surface area contributed by atoms with Crippen LogP contribution >= 0.6 is 0 Å². The van der Waals surface area contributed by atoms with E-state index in [2.05, 4.69) is 19.2 Å². The first kappa shape index (κ1) is 70.6. The molecule has 0 heterocycles. The minimum Gasteiger partial charge on any atom is -0.466 e. The van der Waals surface area contributed by atoms with Gasteiger partial charge in [0.25, 0.3) is 0 Å². The number of nitrogens with one attached hydrogen (secondary N) is 1. The van der Waals surface area contributed by atoms with E-state index in [1.54, 1.807) is 6.08 Å². The number of amides is 1. The smallest absolute Gasteiger partial charge is 0.305 e. The highest BCUT2D eigenvalue weighted by atomic mass is 16.5. The van der Waals surface area contributed by atoms with Gasteiger partial charge in [0.15, 0.2) is 0 Å². The number of allylic oxidation sites excluding steroid dienone is 1. The molecule has 0 rings (SSSR count). The summed E-state index contributed by atoms with van der Waals surface area (Å²) >= 11 is 0. The molecule has 0 bridgehead atoms. The van der Waals surface area contributed by atoms with Gasteiger partial charge < -0.3 is 20.3 Å². The number of hydrogen-bond acceptors (Lipinski definition) is 5. The molecule has 0 radical (unpaired) electrons. The fourth-order valence-corrected chi connectivity index (χ4v) is 10.5. The highest BCUT2D eigenvalue weighted by molar-refractivity contribution is 5.76. The number of unbranched alkanes of at least 4 members (excludes halogenated alkanes) is 51. The Morgan fingerprint density at radius 3 is 0.944 bits per heavy atom. The van der Waals surface area contributed by atoms with Crippen LogP contribution < -0.4 is 5.32 Å². The fourth-order valence-electron chi connectivity index (χ4n) is 10.5. The van der Waals surface area contributed by atoms with E-state index in [4.69, 9.17) is 4.74 Å². The normalized spacial score (nSPS) is 12.6. The van der Waals surface area contributed by atoms with E-state index in [0.717, 1.165) is 38.5 Å². The first-order valence-electron chi connectivity index (χ1n) is 33.0. The van der Waals surface area contributed by atoms with Crippen LogP contribution in [0, 0.1) is 0 Å². The molecule has 0 fully saturated rings. The standard InChI is InChI=1S/C66H129NO5/c1-3-5-7-9-11-13-15-17-19-20-25-28-31-34-38-42-46-50-54-58-64(69)63(62-68)67-65(70)59-55-51-47-43-39-35-32-29-26-23-21-22-24-27-30-33-37-41-45-49-53-57-61-72-66(71)60-56-52-48-44-40-36-18-16-14-12-10-8-6-4-2/h54,58,63-64,68-69H,3-53,55-57,59-62H2,1-2H3,(H,67,70)/b58-54+. The van der Waals surface area contributed by atoms with E-state index in [9.17, 15) is 19.8 Å². The first-order chi connectivity index (χ1) is 35.5. The van der Waals surface area contributed by atoms with Gasteiger partial charge >= 0.3 is 5.97 Å². The van der Waals surface area contributed by atoms with Crippen molar-refractivity contribution in [3.63, 3.8) is 0 Å². The van der Waals surface area contributed by atoms with Crippen LogP contribution in [0.5, 0.6) is 0 Å². The van der Waals surface area contributed by atoms with Crippen LogP contribution in [0.2, 0.25) is 0 Å². The van der Waals surface area contributed by atoms with Gasteiger partial charge in [-0.2, -0.15) is 0 Å². The summed E-state index contributed by atoms with van der Waals surface area (Å²) in [5.41, 5.74) is 0. The molecule has 0 aliphatic carbocycles. The lowest BCUT2D eigenvalue weighted by atomic mass is 10.0. The molecule has 0 saturated heterocycles. The van der Waals surface area contributed by atoms with Gasteiger partial charge in [-0.25, -0.2) is 0 Å². The van der Waals surface area contributed by atoms with E-state index >= 15 is 0 Å². The molecule has 0 aromatic rings. The average molecular weight is 1020 g/mol.